The number of rotatable bonds is 4. The molecule has 0 atom stereocenters. The van der Waals surface area contributed by atoms with Gasteiger partial charge in [0.15, 0.2) is 0 Å². The minimum absolute atomic E-state index is 0.843. The van der Waals surface area contributed by atoms with Crippen molar-refractivity contribution in [2.75, 3.05) is 0 Å². The molecular formula is C10H20. The third-order valence-electron chi connectivity index (χ3n) is 2.29. The minimum Gasteiger partial charge on any atom is -0.0882 e. The zero-order valence-corrected chi connectivity index (χ0v) is 7.78. The average molecular weight is 140 g/mol. The molecule has 0 aromatic rings. The number of hydrogen-bond donors (Lipinski definition) is 0. The molecule has 0 aliphatic carbocycles. The van der Waals surface area contributed by atoms with Crippen molar-refractivity contribution in [3.8, 4) is 0 Å². The van der Waals surface area contributed by atoms with Crippen LogP contribution in [0, 0.1) is 5.92 Å². The van der Waals surface area contributed by atoms with E-state index in [4.69, 9.17) is 0 Å². The lowest BCUT2D eigenvalue weighted by molar-refractivity contribution is 0.555. The Hall–Kier alpha value is -0.260. The summed E-state index contributed by atoms with van der Waals surface area (Å²) in [4.78, 5) is 0. The molecule has 0 aromatic carbocycles. The Balaban J connectivity index is 3.97. The van der Waals surface area contributed by atoms with Crippen LogP contribution in [0.25, 0.3) is 0 Å². The molecule has 0 heteroatoms. The van der Waals surface area contributed by atoms with Gasteiger partial charge in [-0.15, -0.1) is 0 Å². The zero-order chi connectivity index (χ0) is 7.98. The molecule has 0 radical (unpaired) electrons. The van der Waals surface area contributed by atoms with Crippen LogP contribution in [-0.2, 0) is 0 Å². The van der Waals surface area contributed by atoms with Crippen LogP contribution in [0.3, 0.4) is 0 Å². The third-order valence-corrected chi connectivity index (χ3v) is 2.29. The number of hydrogen-bond acceptors (Lipinski definition) is 0. The Labute approximate surface area is 65.3 Å². The second-order valence-corrected chi connectivity index (χ2v) is 2.73. The molecule has 60 valence electrons. The first-order valence-corrected chi connectivity index (χ1v) is 4.45. The highest BCUT2D eigenvalue weighted by Gasteiger charge is 2.05. The molecule has 0 rings (SSSR count). The Morgan fingerprint density at radius 2 is 1.70 bits per heavy atom. The molecule has 0 fully saturated rings. The van der Waals surface area contributed by atoms with Gasteiger partial charge in [-0.1, -0.05) is 32.4 Å². The van der Waals surface area contributed by atoms with Gasteiger partial charge in [-0.05, 0) is 32.1 Å². The van der Waals surface area contributed by atoms with Crippen LogP contribution < -0.4 is 0 Å². The first kappa shape index (κ1) is 9.74. The first-order valence-electron chi connectivity index (χ1n) is 4.45. The van der Waals surface area contributed by atoms with E-state index in [1.807, 2.05) is 0 Å². The van der Waals surface area contributed by atoms with E-state index >= 15 is 0 Å². The topological polar surface area (TPSA) is 0 Å². The fourth-order valence-corrected chi connectivity index (χ4v) is 1.54. The van der Waals surface area contributed by atoms with E-state index in [2.05, 4.69) is 33.8 Å². The van der Waals surface area contributed by atoms with Crippen molar-refractivity contribution in [2.45, 2.75) is 47.0 Å². The SMILES string of the molecule is C/C=C(\CC)C(CC)CC. The maximum absolute atomic E-state index is 2.28. The molecule has 10 heavy (non-hydrogen) atoms. The van der Waals surface area contributed by atoms with Crippen LogP contribution in [0.2, 0.25) is 0 Å². The van der Waals surface area contributed by atoms with E-state index in [-0.39, 0.29) is 0 Å². The van der Waals surface area contributed by atoms with Gasteiger partial charge in [0.1, 0.15) is 0 Å². The van der Waals surface area contributed by atoms with Gasteiger partial charge in [-0.25, -0.2) is 0 Å². The lowest BCUT2D eigenvalue weighted by atomic mass is 9.92. The second-order valence-electron chi connectivity index (χ2n) is 2.73. The van der Waals surface area contributed by atoms with Gasteiger partial charge in [0, 0.05) is 0 Å². The summed E-state index contributed by atoms with van der Waals surface area (Å²) in [5.41, 5.74) is 1.63. The van der Waals surface area contributed by atoms with E-state index in [9.17, 15) is 0 Å². The van der Waals surface area contributed by atoms with E-state index in [0.717, 1.165) is 5.92 Å². The summed E-state index contributed by atoms with van der Waals surface area (Å²) in [7, 11) is 0. The van der Waals surface area contributed by atoms with E-state index < -0.39 is 0 Å². The molecule has 0 nitrogen and oxygen atoms in total. The molecule has 0 aliphatic heterocycles. The van der Waals surface area contributed by atoms with Gasteiger partial charge in [0.25, 0.3) is 0 Å². The molecule has 0 bridgehead atoms. The largest absolute Gasteiger partial charge is 0.0882 e. The van der Waals surface area contributed by atoms with Crippen LogP contribution >= 0.6 is 0 Å². The van der Waals surface area contributed by atoms with Crippen molar-refractivity contribution in [3.63, 3.8) is 0 Å². The maximum atomic E-state index is 2.28. The highest BCUT2D eigenvalue weighted by molar-refractivity contribution is 5.03. The van der Waals surface area contributed by atoms with Crippen molar-refractivity contribution < 1.29 is 0 Å². The van der Waals surface area contributed by atoms with Crippen molar-refractivity contribution in [1.29, 1.82) is 0 Å². The molecule has 0 N–H and O–H groups in total. The fraction of sp³-hybridized carbons (Fsp3) is 0.800. The fourth-order valence-electron chi connectivity index (χ4n) is 1.54. The Kier molecular flexibility index (Phi) is 5.38. The van der Waals surface area contributed by atoms with Crippen molar-refractivity contribution in [1.82, 2.24) is 0 Å². The van der Waals surface area contributed by atoms with Gasteiger partial charge in [-0.3, -0.25) is 0 Å². The van der Waals surface area contributed by atoms with Crippen LogP contribution in [0.1, 0.15) is 47.0 Å². The summed E-state index contributed by atoms with van der Waals surface area (Å²) in [5, 5.41) is 0. The maximum Gasteiger partial charge on any atom is -0.0209 e. The molecule has 0 aromatic heterocycles. The van der Waals surface area contributed by atoms with Crippen LogP contribution in [-0.4, -0.2) is 0 Å². The van der Waals surface area contributed by atoms with Crippen molar-refractivity contribution in [2.24, 2.45) is 5.92 Å². The molecule has 0 unspecified atom stereocenters. The Morgan fingerprint density at radius 3 is 1.80 bits per heavy atom. The van der Waals surface area contributed by atoms with Crippen LogP contribution in [0.4, 0.5) is 0 Å². The Bertz CT molecular complexity index is 96.6. The molecule has 0 saturated heterocycles. The molecular weight excluding hydrogens is 120 g/mol. The van der Waals surface area contributed by atoms with Gasteiger partial charge in [0.2, 0.25) is 0 Å². The average Bonchev–Trinajstić information content (AvgIpc) is 2.00. The lowest BCUT2D eigenvalue weighted by Crippen LogP contribution is -1.99. The first-order chi connectivity index (χ1) is 4.79. The third kappa shape index (κ3) is 2.55. The highest BCUT2D eigenvalue weighted by atomic mass is 14.1. The molecule has 0 amide bonds. The van der Waals surface area contributed by atoms with Crippen LogP contribution in [0.5, 0.6) is 0 Å². The van der Waals surface area contributed by atoms with E-state index in [0.29, 0.717) is 0 Å². The minimum atomic E-state index is 0.843. The normalized spacial score (nSPS) is 12.7. The highest BCUT2D eigenvalue weighted by Crippen LogP contribution is 2.20. The van der Waals surface area contributed by atoms with E-state index in [1.54, 1.807) is 5.57 Å². The summed E-state index contributed by atoms with van der Waals surface area (Å²) >= 11 is 0. The molecule has 0 spiro atoms. The smallest absolute Gasteiger partial charge is 0.0209 e. The predicted molar refractivity (Wildman–Crippen MR) is 48.1 cm³/mol. The van der Waals surface area contributed by atoms with Gasteiger partial charge >= 0.3 is 0 Å². The van der Waals surface area contributed by atoms with Gasteiger partial charge in [-0.2, -0.15) is 0 Å². The standard InChI is InChI=1S/C10H20/c1-5-9(6-2)10(7-3)8-4/h5,10H,6-8H2,1-4H3/b9-5+. The van der Waals surface area contributed by atoms with Crippen molar-refractivity contribution in [3.05, 3.63) is 11.6 Å². The molecule has 0 aliphatic rings. The van der Waals surface area contributed by atoms with Crippen molar-refractivity contribution >= 4 is 0 Å². The zero-order valence-electron chi connectivity index (χ0n) is 7.78. The van der Waals surface area contributed by atoms with Gasteiger partial charge < -0.3 is 0 Å². The van der Waals surface area contributed by atoms with Crippen LogP contribution in [0.15, 0.2) is 11.6 Å². The van der Waals surface area contributed by atoms with Gasteiger partial charge in [0.05, 0.1) is 0 Å². The summed E-state index contributed by atoms with van der Waals surface area (Å²) in [6.45, 7) is 8.94. The number of allylic oxidation sites excluding steroid dienone is 2. The Morgan fingerprint density at radius 1 is 1.20 bits per heavy atom. The molecule has 0 heterocycles. The van der Waals surface area contributed by atoms with E-state index in [1.165, 1.54) is 19.3 Å². The molecule has 0 saturated carbocycles. The summed E-state index contributed by atoms with van der Waals surface area (Å²) in [6, 6.07) is 0. The summed E-state index contributed by atoms with van der Waals surface area (Å²) in [6.07, 6.45) is 6.09. The monoisotopic (exact) mass is 140 g/mol. The summed E-state index contributed by atoms with van der Waals surface area (Å²) in [5.74, 6) is 0.843. The quantitative estimate of drug-likeness (QED) is 0.521. The lowest BCUT2D eigenvalue weighted by Gasteiger charge is -2.14. The second kappa shape index (κ2) is 5.52. The predicted octanol–water partition coefficient (Wildman–Crippen LogP) is 3.78. The summed E-state index contributed by atoms with van der Waals surface area (Å²) < 4.78 is 0.